The number of H-pyrrole nitrogens is 1. The molecule has 0 atom stereocenters. The number of nitrogens with zero attached hydrogens (tertiary/aromatic N) is 1. The molecule has 6 heteroatoms. The van der Waals surface area contributed by atoms with E-state index in [0.29, 0.717) is 5.56 Å². The van der Waals surface area contributed by atoms with Crippen molar-refractivity contribution in [3.8, 4) is 0 Å². The van der Waals surface area contributed by atoms with Gasteiger partial charge in [0, 0.05) is 17.3 Å². The van der Waals surface area contributed by atoms with Gasteiger partial charge in [-0.1, -0.05) is 11.6 Å². The van der Waals surface area contributed by atoms with Crippen LogP contribution in [0, 0.1) is 0 Å². The predicted molar refractivity (Wildman–Crippen MR) is 45.2 cm³/mol. The van der Waals surface area contributed by atoms with Gasteiger partial charge in [-0.3, -0.25) is 15.7 Å². The average molecular weight is 188 g/mol. The smallest absolute Gasteiger partial charge is 0.290 e. The lowest BCUT2D eigenvalue weighted by Crippen LogP contribution is -2.12. The second-order valence-electron chi connectivity index (χ2n) is 1.92. The second kappa shape index (κ2) is 3.89. The molecule has 0 aromatic carbocycles. The van der Waals surface area contributed by atoms with E-state index in [1.54, 1.807) is 0 Å². The van der Waals surface area contributed by atoms with Crippen LogP contribution in [-0.4, -0.2) is 15.2 Å². The molecule has 0 saturated carbocycles. The molecule has 3 N–H and O–H groups in total. The molecule has 0 aliphatic carbocycles. The minimum atomic E-state index is -0.543. The van der Waals surface area contributed by atoms with Crippen molar-refractivity contribution in [1.82, 2.24) is 9.97 Å². The van der Waals surface area contributed by atoms with Gasteiger partial charge in [0.25, 0.3) is 0 Å². The Balaban J connectivity index is 3.19. The second-order valence-corrected chi connectivity index (χ2v) is 2.18. The molecule has 12 heavy (non-hydrogen) atoms. The van der Waals surface area contributed by atoms with Crippen molar-refractivity contribution in [3.05, 3.63) is 27.8 Å². The monoisotopic (exact) mass is 187 g/mol. The van der Waals surface area contributed by atoms with Gasteiger partial charge in [-0.2, -0.15) is 0 Å². The molecule has 0 aliphatic rings. The van der Waals surface area contributed by atoms with Crippen molar-refractivity contribution in [2.75, 3.05) is 5.48 Å². The molecule has 64 valence electrons. The van der Waals surface area contributed by atoms with Crippen LogP contribution < -0.4 is 11.2 Å². The zero-order chi connectivity index (χ0) is 8.97. The molecule has 0 fully saturated rings. The lowest BCUT2D eigenvalue weighted by atomic mass is 10.3. The first-order valence-electron chi connectivity index (χ1n) is 3.04. The number of hydrogen-bond acceptors (Lipinski definition) is 4. The van der Waals surface area contributed by atoms with Gasteiger partial charge in [0.15, 0.2) is 0 Å². The molecule has 0 aliphatic heterocycles. The molecule has 0 unspecified atom stereocenters. The first-order valence-corrected chi connectivity index (χ1v) is 3.47. The highest BCUT2D eigenvalue weighted by Gasteiger charge is 1.98. The summed E-state index contributed by atoms with van der Waals surface area (Å²) in [6, 6.07) is 0. The largest absolute Gasteiger partial charge is 0.346 e. The maximum Gasteiger partial charge on any atom is 0.346 e. The summed E-state index contributed by atoms with van der Waals surface area (Å²) in [7, 11) is 0. The Morgan fingerprint density at radius 1 is 1.75 bits per heavy atom. The lowest BCUT2D eigenvalue weighted by molar-refractivity contribution is 0.385. The van der Waals surface area contributed by atoms with Crippen molar-refractivity contribution < 1.29 is 5.21 Å². The molecule has 0 radical (unpaired) electrons. The van der Waals surface area contributed by atoms with Crippen LogP contribution in [0.3, 0.4) is 0 Å². The van der Waals surface area contributed by atoms with Crippen LogP contribution in [0.1, 0.15) is 5.56 Å². The van der Waals surface area contributed by atoms with Gasteiger partial charge in [-0.25, -0.2) is 9.78 Å². The summed E-state index contributed by atoms with van der Waals surface area (Å²) in [4.78, 5) is 16.3. The molecule has 0 bridgehead atoms. The number of anilines is 1. The number of rotatable bonds is 2. The highest BCUT2D eigenvalue weighted by Crippen LogP contribution is 2.09. The van der Waals surface area contributed by atoms with E-state index in [1.165, 1.54) is 17.8 Å². The molecule has 5 nitrogen and oxygen atoms in total. The number of aromatic amines is 1. The molecule has 0 saturated heterocycles. The van der Waals surface area contributed by atoms with E-state index in [9.17, 15) is 4.79 Å². The molecule has 1 heterocycles. The first-order chi connectivity index (χ1) is 5.77. The van der Waals surface area contributed by atoms with Crippen molar-refractivity contribution in [1.29, 1.82) is 0 Å². The van der Waals surface area contributed by atoms with Crippen LogP contribution >= 0.6 is 11.6 Å². The molecule has 0 spiro atoms. The van der Waals surface area contributed by atoms with Crippen LogP contribution in [0.15, 0.2) is 16.5 Å². The summed E-state index contributed by atoms with van der Waals surface area (Å²) in [5.41, 5.74) is 3.01. The highest BCUT2D eigenvalue weighted by atomic mass is 35.5. The fourth-order valence-electron chi connectivity index (χ4n) is 0.691. The summed E-state index contributed by atoms with van der Waals surface area (Å²) in [5, 5.41) is 8.54. The van der Waals surface area contributed by atoms with E-state index in [1.807, 2.05) is 5.48 Å². The Morgan fingerprint density at radius 3 is 3.08 bits per heavy atom. The van der Waals surface area contributed by atoms with Crippen LogP contribution in [0.25, 0.3) is 6.08 Å². The van der Waals surface area contributed by atoms with E-state index >= 15 is 0 Å². The van der Waals surface area contributed by atoms with Crippen LogP contribution in [0.4, 0.5) is 5.82 Å². The van der Waals surface area contributed by atoms with Crippen molar-refractivity contribution in [2.24, 2.45) is 0 Å². The fourth-order valence-corrected chi connectivity index (χ4v) is 0.827. The normalized spacial score (nSPS) is 10.5. The number of hydrogen-bond donors (Lipinski definition) is 3. The molecular weight excluding hydrogens is 182 g/mol. The van der Waals surface area contributed by atoms with Gasteiger partial charge in [-0.15, -0.1) is 0 Å². The maximum absolute atomic E-state index is 10.6. The third-order valence-corrected chi connectivity index (χ3v) is 1.32. The molecule has 1 rings (SSSR count). The Bertz CT molecular complexity index is 347. The van der Waals surface area contributed by atoms with Crippen molar-refractivity contribution in [2.45, 2.75) is 0 Å². The first kappa shape index (κ1) is 8.76. The van der Waals surface area contributed by atoms with E-state index in [0.717, 1.165) is 0 Å². The van der Waals surface area contributed by atoms with Gasteiger partial charge < -0.3 is 0 Å². The third kappa shape index (κ3) is 1.84. The highest BCUT2D eigenvalue weighted by molar-refractivity contribution is 6.27. The minimum Gasteiger partial charge on any atom is -0.290 e. The maximum atomic E-state index is 10.6. The summed E-state index contributed by atoms with van der Waals surface area (Å²) in [5.74, 6) is 0.159. The molecule has 0 amide bonds. The van der Waals surface area contributed by atoms with Gasteiger partial charge in [-0.05, 0) is 6.08 Å². The van der Waals surface area contributed by atoms with Gasteiger partial charge in [0.2, 0.25) is 0 Å². The number of halogens is 1. The third-order valence-electron chi connectivity index (χ3n) is 1.20. The summed E-state index contributed by atoms with van der Waals surface area (Å²) in [6.45, 7) is 0. The van der Waals surface area contributed by atoms with E-state index in [2.05, 4.69) is 9.97 Å². The van der Waals surface area contributed by atoms with E-state index in [4.69, 9.17) is 16.8 Å². The average Bonchev–Trinajstić information content (AvgIpc) is 2.08. The topological polar surface area (TPSA) is 78.0 Å². The standard InChI is InChI=1S/C6H6ClN3O2/c7-2-1-4-3-8-6(11)9-5(4)10-12/h1-3,12H,(H2,8,9,10,11). The molecule has 1 aromatic heterocycles. The molecule has 1 aromatic rings. The summed E-state index contributed by atoms with van der Waals surface area (Å²) >= 11 is 5.30. The number of aromatic nitrogens is 2. The Labute approximate surface area is 72.7 Å². The van der Waals surface area contributed by atoms with Crippen LogP contribution in [0.5, 0.6) is 0 Å². The Hall–Kier alpha value is -1.33. The zero-order valence-electron chi connectivity index (χ0n) is 5.91. The van der Waals surface area contributed by atoms with Crippen LogP contribution in [-0.2, 0) is 0 Å². The quantitative estimate of drug-likeness (QED) is 0.598. The summed E-state index contributed by atoms with van der Waals surface area (Å²) < 4.78 is 0. The Morgan fingerprint density at radius 2 is 2.50 bits per heavy atom. The van der Waals surface area contributed by atoms with Gasteiger partial charge in [0.05, 0.1) is 0 Å². The van der Waals surface area contributed by atoms with E-state index in [-0.39, 0.29) is 5.82 Å². The summed E-state index contributed by atoms with van der Waals surface area (Å²) in [6.07, 6.45) is 2.76. The lowest BCUT2D eigenvalue weighted by Gasteiger charge is -2.00. The van der Waals surface area contributed by atoms with Crippen molar-refractivity contribution in [3.63, 3.8) is 0 Å². The van der Waals surface area contributed by atoms with Gasteiger partial charge >= 0.3 is 5.69 Å². The fraction of sp³-hybridized carbons (Fsp3) is 0. The number of nitrogens with one attached hydrogen (secondary N) is 2. The zero-order valence-corrected chi connectivity index (χ0v) is 6.67. The Kier molecular flexibility index (Phi) is 2.84. The minimum absolute atomic E-state index is 0.159. The van der Waals surface area contributed by atoms with Crippen LogP contribution in [0.2, 0.25) is 0 Å². The van der Waals surface area contributed by atoms with Crippen molar-refractivity contribution >= 4 is 23.5 Å². The van der Waals surface area contributed by atoms with Gasteiger partial charge in [0.1, 0.15) is 5.82 Å². The van der Waals surface area contributed by atoms with E-state index < -0.39 is 5.69 Å². The molecular formula is C6H6ClN3O2. The predicted octanol–water partition coefficient (Wildman–Crippen LogP) is 0.780. The SMILES string of the molecule is O=c1ncc(C=CCl)c(NO)[nH]1.